The molecule has 0 aliphatic heterocycles. The summed E-state index contributed by atoms with van der Waals surface area (Å²) in [5.41, 5.74) is -2.02. The lowest BCUT2D eigenvalue weighted by Crippen LogP contribution is -2.09. The molecule has 0 N–H and O–H groups in total. The Morgan fingerprint density at radius 1 is 1.07 bits per heavy atom. The second-order valence-corrected chi connectivity index (χ2v) is 4.29. The molecule has 0 aromatic carbocycles. The van der Waals surface area contributed by atoms with Crippen molar-refractivity contribution in [1.82, 2.24) is 0 Å². The Morgan fingerprint density at radius 3 is 1.50 bits per heavy atom. The fraction of sp³-hybridized carbons (Fsp3) is 0.500. The third-order valence-corrected chi connectivity index (χ3v) is 0.891. The quantitative estimate of drug-likeness (QED) is 0.534. The highest BCUT2D eigenvalue weighted by molar-refractivity contribution is 6.69. The molecule has 0 bridgehead atoms. The van der Waals surface area contributed by atoms with Crippen LogP contribution in [0.15, 0.2) is 0 Å². The Balaban J connectivity index is 0. The van der Waals surface area contributed by atoms with Gasteiger partial charge in [0, 0.05) is 23.2 Å². The molecule has 0 fully saturated rings. The lowest BCUT2D eigenvalue weighted by Gasteiger charge is -2.06. The Labute approximate surface area is 109 Å². The standard InChI is InChI=1S/C2Cl4O2.C2H2Cl2O2/c3-1(7)8-2(4,5)6;3-1-6-2(4)5/h;1H2. The van der Waals surface area contributed by atoms with Crippen LogP contribution in [0.5, 0.6) is 0 Å². The van der Waals surface area contributed by atoms with E-state index < -0.39 is 14.8 Å². The molecule has 4 nitrogen and oxygen atoms in total. The van der Waals surface area contributed by atoms with Crippen molar-refractivity contribution in [2.45, 2.75) is 3.98 Å². The summed E-state index contributed by atoms with van der Waals surface area (Å²) in [7, 11) is 0. The molecule has 0 radical (unpaired) electrons. The second-order valence-electron chi connectivity index (χ2n) is 1.28. The van der Waals surface area contributed by atoms with Gasteiger partial charge in [0.25, 0.3) is 0 Å². The van der Waals surface area contributed by atoms with E-state index in [4.69, 9.17) is 46.4 Å². The highest BCUT2D eigenvalue weighted by atomic mass is 35.6. The summed E-state index contributed by atoms with van der Waals surface area (Å²) >= 11 is 28.9. The van der Waals surface area contributed by atoms with Crippen LogP contribution in [0.25, 0.3) is 0 Å². The third-order valence-electron chi connectivity index (χ3n) is 0.364. The molecule has 10 heteroatoms. The average molecular weight is 327 g/mol. The molecule has 0 aromatic rings. The zero-order valence-electron chi connectivity index (χ0n) is 6.11. The monoisotopic (exact) mass is 324 g/mol. The number of carbonyl (C=O) groups is 2. The number of hydrogen-bond acceptors (Lipinski definition) is 4. The van der Waals surface area contributed by atoms with E-state index in [-0.39, 0.29) is 6.07 Å². The number of rotatable bonds is 1. The molecular formula is C4H2Cl6O4. The van der Waals surface area contributed by atoms with Crippen molar-refractivity contribution in [3.63, 3.8) is 0 Å². The molecule has 0 amide bonds. The van der Waals surface area contributed by atoms with Crippen molar-refractivity contribution in [1.29, 1.82) is 0 Å². The molecule has 0 aromatic heterocycles. The Morgan fingerprint density at radius 2 is 1.50 bits per heavy atom. The van der Waals surface area contributed by atoms with Gasteiger partial charge < -0.3 is 9.47 Å². The molecule has 0 saturated carbocycles. The molecule has 0 unspecified atom stereocenters. The first-order valence-corrected chi connectivity index (χ1v) is 4.95. The molecule has 0 heterocycles. The molecule has 84 valence electrons. The number of carbonyl (C=O) groups excluding carboxylic acids is 2. The number of hydrogen-bond donors (Lipinski definition) is 0. The van der Waals surface area contributed by atoms with Crippen LogP contribution < -0.4 is 0 Å². The maximum atomic E-state index is 9.75. The van der Waals surface area contributed by atoms with E-state index in [2.05, 4.69) is 32.7 Å². The zero-order valence-corrected chi connectivity index (χ0v) is 10.6. The summed E-state index contributed by atoms with van der Waals surface area (Å²) < 4.78 is 5.75. The molecule has 0 aliphatic carbocycles. The molecule has 14 heavy (non-hydrogen) atoms. The van der Waals surface area contributed by atoms with E-state index in [1.165, 1.54) is 0 Å². The Bertz CT molecular complexity index is 189. The maximum Gasteiger partial charge on any atom is 0.407 e. The summed E-state index contributed by atoms with van der Waals surface area (Å²) in [6, 6.07) is -0.178. The SMILES string of the molecule is O=C(Cl)OC(Cl)(Cl)Cl.O=C(Cl)OCCl. The Kier molecular flexibility index (Phi) is 10.9. The molecule has 0 rings (SSSR count). The van der Waals surface area contributed by atoms with E-state index in [1.54, 1.807) is 0 Å². The van der Waals surface area contributed by atoms with Crippen molar-refractivity contribution in [2.75, 3.05) is 6.07 Å². The van der Waals surface area contributed by atoms with Gasteiger partial charge in [0.15, 0.2) is 6.07 Å². The van der Waals surface area contributed by atoms with Crippen LogP contribution in [0.3, 0.4) is 0 Å². The van der Waals surface area contributed by atoms with Crippen LogP contribution >= 0.6 is 69.6 Å². The van der Waals surface area contributed by atoms with Crippen molar-refractivity contribution in [3.05, 3.63) is 0 Å². The van der Waals surface area contributed by atoms with Gasteiger partial charge in [-0.3, -0.25) is 0 Å². The van der Waals surface area contributed by atoms with Gasteiger partial charge in [-0.05, 0) is 34.8 Å². The van der Waals surface area contributed by atoms with Crippen molar-refractivity contribution >= 4 is 80.5 Å². The largest absolute Gasteiger partial charge is 0.437 e. The van der Waals surface area contributed by atoms with Gasteiger partial charge in [0.2, 0.25) is 0 Å². The van der Waals surface area contributed by atoms with E-state index >= 15 is 0 Å². The van der Waals surface area contributed by atoms with Gasteiger partial charge in [-0.1, -0.05) is 11.6 Å². The number of halogens is 6. The van der Waals surface area contributed by atoms with Crippen molar-refractivity contribution < 1.29 is 19.1 Å². The number of ether oxygens (including phenoxy) is 2. The van der Waals surface area contributed by atoms with Crippen molar-refractivity contribution in [3.8, 4) is 0 Å². The molecule has 0 aliphatic rings. The second kappa shape index (κ2) is 8.95. The summed E-state index contributed by atoms with van der Waals surface area (Å²) in [4.78, 5) is 19.3. The van der Waals surface area contributed by atoms with Crippen LogP contribution in [-0.2, 0) is 9.47 Å². The maximum absolute atomic E-state index is 9.75. The van der Waals surface area contributed by atoms with E-state index in [0.717, 1.165) is 0 Å². The fourth-order valence-corrected chi connectivity index (χ4v) is 0.788. The zero-order chi connectivity index (χ0) is 11.8. The normalized spacial score (nSPS) is 9.57. The summed E-state index contributed by atoms with van der Waals surface area (Å²) in [6.07, 6.45) is 0. The van der Waals surface area contributed by atoms with E-state index in [1.807, 2.05) is 0 Å². The van der Waals surface area contributed by atoms with Crippen LogP contribution in [-0.4, -0.2) is 20.9 Å². The van der Waals surface area contributed by atoms with Gasteiger partial charge in [0.1, 0.15) is 0 Å². The molecule has 0 spiro atoms. The topological polar surface area (TPSA) is 52.6 Å². The van der Waals surface area contributed by atoms with Crippen LogP contribution in [0.2, 0.25) is 0 Å². The van der Waals surface area contributed by atoms with Gasteiger partial charge in [-0.2, -0.15) is 0 Å². The minimum Gasteiger partial charge on any atom is -0.437 e. The van der Waals surface area contributed by atoms with Crippen LogP contribution in [0.1, 0.15) is 0 Å². The minimum atomic E-state index is -2.04. The van der Waals surface area contributed by atoms with Gasteiger partial charge in [-0.15, -0.1) is 0 Å². The lowest BCUT2D eigenvalue weighted by molar-refractivity contribution is 0.172. The predicted octanol–water partition coefficient (Wildman–Crippen LogP) is 4.25. The van der Waals surface area contributed by atoms with Crippen molar-refractivity contribution in [2.24, 2.45) is 0 Å². The van der Waals surface area contributed by atoms with Crippen LogP contribution in [0.4, 0.5) is 9.59 Å². The molecule has 0 atom stereocenters. The molecular weight excluding hydrogens is 325 g/mol. The minimum absolute atomic E-state index is 0.178. The third kappa shape index (κ3) is 23.0. The summed E-state index contributed by atoms with van der Waals surface area (Å²) in [5.74, 6) is 0. The molecule has 0 saturated heterocycles. The summed E-state index contributed by atoms with van der Waals surface area (Å²) in [6.45, 7) is 0. The summed E-state index contributed by atoms with van der Waals surface area (Å²) in [5, 5.41) is 0. The van der Waals surface area contributed by atoms with Gasteiger partial charge >= 0.3 is 14.8 Å². The average Bonchev–Trinajstić information content (AvgIpc) is 1.80. The first-order chi connectivity index (χ1) is 6.19. The predicted molar refractivity (Wildman–Crippen MR) is 55.7 cm³/mol. The highest BCUT2D eigenvalue weighted by Crippen LogP contribution is 2.27. The first kappa shape index (κ1) is 17.1. The van der Waals surface area contributed by atoms with Gasteiger partial charge in [-0.25, -0.2) is 9.59 Å². The van der Waals surface area contributed by atoms with E-state index in [9.17, 15) is 9.59 Å². The van der Waals surface area contributed by atoms with Gasteiger partial charge in [0.05, 0.1) is 0 Å². The fourth-order valence-electron chi connectivity index (χ4n) is 0.134. The van der Waals surface area contributed by atoms with E-state index in [0.29, 0.717) is 0 Å². The lowest BCUT2D eigenvalue weighted by atomic mass is 11.4. The number of alkyl halides is 4. The highest BCUT2D eigenvalue weighted by Gasteiger charge is 2.23. The smallest absolute Gasteiger partial charge is 0.407 e. The Hall–Kier alpha value is 0.680. The first-order valence-electron chi connectivity index (χ1n) is 2.52. The van der Waals surface area contributed by atoms with Crippen LogP contribution in [0, 0.1) is 0 Å².